The fraction of sp³-hybridized carbons (Fsp3) is 0.462. The van der Waals surface area contributed by atoms with Crippen LogP contribution in [0.15, 0.2) is 18.2 Å². The van der Waals surface area contributed by atoms with Gasteiger partial charge in [-0.15, -0.1) is 0 Å². The molecule has 1 heterocycles. The summed E-state index contributed by atoms with van der Waals surface area (Å²) >= 11 is 0. The number of halogens is 1. The van der Waals surface area contributed by atoms with Crippen molar-refractivity contribution in [2.24, 2.45) is 0 Å². The molecule has 0 N–H and O–H groups in total. The van der Waals surface area contributed by atoms with Crippen LogP contribution in [0.1, 0.15) is 12.8 Å². The van der Waals surface area contributed by atoms with Crippen LogP contribution in [0.4, 0.5) is 15.8 Å². The van der Waals surface area contributed by atoms with Gasteiger partial charge in [0.1, 0.15) is 11.5 Å². The van der Waals surface area contributed by atoms with Crippen LogP contribution in [0, 0.1) is 15.9 Å². The van der Waals surface area contributed by atoms with E-state index in [-0.39, 0.29) is 11.6 Å². The lowest BCUT2D eigenvalue weighted by Gasteiger charge is -2.23. The normalized spacial score (nSPS) is 14.7. The van der Waals surface area contributed by atoms with Gasteiger partial charge < -0.3 is 9.80 Å². The van der Waals surface area contributed by atoms with Crippen molar-refractivity contribution < 1.29 is 14.1 Å². The second kappa shape index (κ2) is 5.85. The van der Waals surface area contributed by atoms with Crippen molar-refractivity contribution in [3.63, 3.8) is 0 Å². The fourth-order valence-corrected chi connectivity index (χ4v) is 2.30. The number of amides is 1. The molecule has 1 aliphatic rings. The van der Waals surface area contributed by atoms with Crippen molar-refractivity contribution in [3.05, 3.63) is 34.1 Å². The van der Waals surface area contributed by atoms with Gasteiger partial charge in [-0.2, -0.15) is 0 Å². The van der Waals surface area contributed by atoms with Crippen molar-refractivity contribution in [1.82, 2.24) is 4.90 Å². The molecular formula is C13H16FN3O3. The highest BCUT2D eigenvalue weighted by Crippen LogP contribution is 2.27. The fourth-order valence-electron chi connectivity index (χ4n) is 2.30. The molecule has 2 rings (SSSR count). The number of nitrogens with zero attached hydrogens (tertiary/aromatic N) is 3. The van der Waals surface area contributed by atoms with Crippen LogP contribution in [-0.2, 0) is 4.79 Å². The summed E-state index contributed by atoms with van der Waals surface area (Å²) in [7, 11) is 1.70. The molecule has 1 fully saturated rings. The van der Waals surface area contributed by atoms with Crippen molar-refractivity contribution in [2.75, 3.05) is 31.6 Å². The second-order valence-corrected chi connectivity index (χ2v) is 4.80. The summed E-state index contributed by atoms with van der Waals surface area (Å²) < 4.78 is 13.1. The van der Waals surface area contributed by atoms with Crippen molar-refractivity contribution in [3.8, 4) is 0 Å². The Balaban J connectivity index is 2.07. The predicted octanol–water partition coefficient (Wildman–Crippen LogP) is 1.79. The first-order valence-corrected chi connectivity index (χ1v) is 6.42. The molecule has 0 radical (unpaired) electrons. The highest BCUT2D eigenvalue weighted by atomic mass is 19.1. The maximum Gasteiger partial charge on any atom is 0.295 e. The van der Waals surface area contributed by atoms with Crippen LogP contribution in [0.5, 0.6) is 0 Å². The molecule has 1 saturated heterocycles. The Kier molecular flexibility index (Phi) is 4.16. The minimum absolute atomic E-state index is 0.118. The smallest absolute Gasteiger partial charge is 0.295 e. The molecule has 0 atom stereocenters. The molecule has 7 heteroatoms. The Bertz CT molecular complexity index is 536. The lowest BCUT2D eigenvalue weighted by Crippen LogP contribution is -2.34. The lowest BCUT2D eigenvalue weighted by molar-refractivity contribution is -0.384. The Hall–Kier alpha value is -2.18. The van der Waals surface area contributed by atoms with Gasteiger partial charge >= 0.3 is 0 Å². The van der Waals surface area contributed by atoms with E-state index in [2.05, 4.69) is 0 Å². The quantitative estimate of drug-likeness (QED) is 0.609. The average molecular weight is 281 g/mol. The first-order chi connectivity index (χ1) is 9.49. The summed E-state index contributed by atoms with van der Waals surface area (Å²) in [5.74, 6) is -0.518. The number of rotatable bonds is 5. The first-order valence-electron chi connectivity index (χ1n) is 6.42. The Morgan fingerprint density at radius 2 is 2.25 bits per heavy atom. The zero-order valence-electron chi connectivity index (χ0n) is 11.2. The molecule has 0 aliphatic carbocycles. The number of benzene rings is 1. The maximum atomic E-state index is 13.1. The predicted molar refractivity (Wildman–Crippen MR) is 72.1 cm³/mol. The summed E-state index contributed by atoms with van der Waals surface area (Å²) in [5.41, 5.74) is 0.0864. The summed E-state index contributed by atoms with van der Waals surface area (Å²) in [5, 5.41) is 10.9. The molecule has 0 unspecified atom stereocenters. The van der Waals surface area contributed by atoms with E-state index in [1.807, 2.05) is 0 Å². The van der Waals surface area contributed by atoms with Gasteiger partial charge in [0.2, 0.25) is 5.91 Å². The van der Waals surface area contributed by atoms with Crippen LogP contribution >= 0.6 is 0 Å². The SMILES string of the molecule is CN(CCN1CCCC1=O)c1ccc(F)cc1[N+](=O)[O-]. The zero-order chi connectivity index (χ0) is 14.7. The lowest BCUT2D eigenvalue weighted by atomic mass is 10.2. The third-order valence-corrected chi connectivity index (χ3v) is 3.42. The molecule has 108 valence electrons. The molecule has 1 aromatic carbocycles. The maximum absolute atomic E-state index is 13.1. The first kappa shape index (κ1) is 14.2. The number of nitro benzene ring substituents is 1. The van der Waals surface area contributed by atoms with E-state index in [1.54, 1.807) is 16.8 Å². The van der Waals surface area contributed by atoms with Crippen LogP contribution in [0.3, 0.4) is 0 Å². The monoisotopic (exact) mass is 281 g/mol. The van der Waals surface area contributed by atoms with Gasteiger partial charge in [0.15, 0.2) is 0 Å². The number of hydrogen-bond donors (Lipinski definition) is 0. The number of nitro groups is 1. The summed E-state index contributed by atoms with van der Waals surface area (Å²) in [6, 6.07) is 3.49. The number of anilines is 1. The van der Waals surface area contributed by atoms with E-state index in [0.29, 0.717) is 25.2 Å². The summed E-state index contributed by atoms with van der Waals surface area (Å²) in [6.07, 6.45) is 1.43. The molecule has 1 amide bonds. The van der Waals surface area contributed by atoms with Crippen LogP contribution in [0.25, 0.3) is 0 Å². The number of likely N-dealkylation sites (tertiary alicyclic amines) is 1. The largest absolute Gasteiger partial charge is 0.367 e. The van der Waals surface area contributed by atoms with Crippen LogP contribution in [-0.4, -0.2) is 42.4 Å². The number of hydrogen-bond acceptors (Lipinski definition) is 4. The van der Waals surface area contributed by atoms with Gasteiger partial charge in [-0.3, -0.25) is 14.9 Å². The van der Waals surface area contributed by atoms with Crippen molar-refractivity contribution >= 4 is 17.3 Å². The molecule has 0 saturated carbocycles. The van der Waals surface area contributed by atoms with Gasteiger partial charge in [-0.05, 0) is 18.6 Å². The highest BCUT2D eigenvalue weighted by molar-refractivity contribution is 5.78. The molecule has 1 aliphatic heterocycles. The summed E-state index contributed by atoms with van der Waals surface area (Å²) in [4.78, 5) is 25.2. The van der Waals surface area contributed by atoms with Crippen molar-refractivity contribution in [2.45, 2.75) is 12.8 Å². The van der Waals surface area contributed by atoms with Gasteiger partial charge in [-0.25, -0.2) is 4.39 Å². The molecule has 0 spiro atoms. The molecule has 0 bridgehead atoms. The number of carbonyl (C=O) groups is 1. The van der Waals surface area contributed by atoms with Gasteiger partial charge in [-0.1, -0.05) is 0 Å². The van der Waals surface area contributed by atoms with E-state index in [0.717, 1.165) is 19.0 Å². The Morgan fingerprint density at radius 3 is 2.85 bits per heavy atom. The van der Waals surface area contributed by atoms with E-state index in [1.165, 1.54) is 12.1 Å². The number of likely N-dealkylation sites (N-methyl/N-ethyl adjacent to an activating group) is 1. The van der Waals surface area contributed by atoms with E-state index >= 15 is 0 Å². The third kappa shape index (κ3) is 3.04. The van der Waals surface area contributed by atoms with E-state index < -0.39 is 10.7 Å². The van der Waals surface area contributed by atoms with Crippen LogP contribution in [0.2, 0.25) is 0 Å². The standard InChI is InChI=1S/C13H16FN3O3/c1-15(7-8-16-6-2-3-13(16)18)11-5-4-10(14)9-12(11)17(19)20/h4-5,9H,2-3,6-8H2,1H3. The molecule has 6 nitrogen and oxygen atoms in total. The minimum Gasteiger partial charge on any atom is -0.367 e. The van der Waals surface area contributed by atoms with E-state index in [9.17, 15) is 19.3 Å². The third-order valence-electron chi connectivity index (χ3n) is 3.42. The molecule has 20 heavy (non-hydrogen) atoms. The van der Waals surface area contributed by atoms with Gasteiger partial charge in [0, 0.05) is 33.1 Å². The van der Waals surface area contributed by atoms with Crippen molar-refractivity contribution in [1.29, 1.82) is 0 Å². The highest BCUT2D eigenvalue weighted by Gasteiger charge is 2.22. The van der Waals surface area contributed by atoms with E-state index in [4.69, 9.17) is 0 Å². The van der Waals surface area contributed by atoms with Gasteiger partial charge in [0.05, 0.1) is 11.0 Å². The topological polar surface area (TPSA) is 66.7 Å². The van der Waals surface area contributed by atoms with Crippen LogP contribution < -0.4 is 4.90 Å². The Labute approximate surface area is 115 Å². The minimum atomic E-state index is -0.636. The average Bonchev–Trinajstić information content (AvgIpc) is 2.81. The zero-order valence-corrected chi connectivity index (χ0v) is 11.2. The number of carbonyl (C=O) groups excluding carboxylic acids is 1. The summed E-state index contributed by atoms with van der Waals surface area (Å²) in [6.45, 7) is 1.72. The molecule has 1 aromatic rings. The Morgan fingerprint density at radius 1 is 1.50 bits per heavy atom. The second-order valence-electron chi connectivity index (χ2n) is 4.80. The molecule has 0 aromatic heterocycles. The van der Waals surface area contributed by atoms with Gasteiger partial charge in [0.25, 0.3) is 5.69 Å². The molecular weight excluding hydrogens is 265 g/mol.